The summed E-state index contributed by atoms with van der Waals surface area (Å²) in [4.78, 5) is 37.2. The van der Waals surface area contributed by atoms with Gasteiger partial charge in [0.25, 0.3) is 5.56 Å². The number of benzene rings is 1. The third kappa shape index (κ3) is 4.30. The van der Waals surface area contributed by atoms with Gasteiger partial charge in [0.15, 0.2) is 0 Å². The second kappa shape index (κ2) is 8.79. The molecule has 31 heavy (non-hydrogen) atoms. The molecule has 2 unspecified atom stereocenters. The van der Waals surface area contributed by atoms with E-state index in [1.165, 1.54) is 28.5 Å². The van der Waals surface area contributed by atoms with Gasteiger partial charge < -0.3 is 9.88 Å². The van der Waals surface area contributed by atoms with Crippen LogP contribution in [0.1, 0.15) is 58.8 Å². The van der Waals surface area contributed by atoms with Crippen molar-refractivity contribution >= 4 is 39.2 Å². The van der Waals surface area contributed by atoms with Crippen LogP contribution in [0.15, 0.2) is 23.0 Å². The highest BCUT2D eigenvalue weighted by atomic mass is 32.2. The number of amides is 1. The zero-order chi connectivity index (χ0) is 22.3. The molecule has 7 heteroatoms. The lowest BCUT2D eigenvalue weighted by Crippen LogP contribution is -2.36. The molecule has 5 nitrogen and oxygen atoms in total. The van der Waals surface area contributed by atoms with Gasteiger partial charge in [-0.3, -0.25) is 9.59 Å². The number of hydrogen-bond donors (Lipinski definition) is 1. The summed E-state index contributed by atoms with van der Waals surface area (Å²) in [6, 6.07) is 6.68. The molecule has 0 saturated carbocycles. The van der Waals surface area contributed by atoms with Crippen LogP contribution in [0.3, 0.4) is 0 Å². The Morgan fingerprint density at radius 2 is 2.06 bits per heavy atom. The quantitative estimate of drug-likeness (QED) is 0.574. The van der Waals surface area contributed by atoms with Crippen molar-refractivity contribution in [2.75, 3.05) is 6.54 Å². The van der Waals surface area contributed by atoms with E-state index >= 15 is 0 Å². The summed E-state index contributed by atoms with van der Waals surface area (Å²) in [5.41, 5.74) is 4.69. The first-order valence-electron chi connectivity index (χ1n) is 10.7. The predicted molar refractivity (Wildman–Crippen MR) is 130 cm³/mol. The number of aromatic amines is 1. The number of aromatic nitrogens is 2. The lowest BCUT2D eigenvalue weighted by atomic mass is 9.99. The van der Waals surface area contributed by atoms with Crippen molar-refractivity contribution in [2.24, 2.45) is 0 Å². The number of carbonyl (C=O) groups excluding carboxylic acids is 1. The molecule has 2 atom stereocenters. The summed E-state index contributed by atoms with van der Waals surface area (Å²) in [6.07, 6.45) is 2.04. The molecule has 0 bridgehead atoms. The number of rotatable bonds is 5. The van der Waals surface area contributed by atoms with E-state index in [0.717, 1.165) is 34.7 Å². The molecule has 1 saturated heterocycles. The highest BCUT2D eigenvalue weighted by Crippen LogP contribution is 2.35. The van der Waals surface area contributed by atoms with E-state index in [1.54, 1.807) is 11.3 Å². The van der Waals surface area contributed by atoms with Gasteiger partial charge in [-0.1, -0.05) is 18.2 Å². The van der Waals surface area contributed by atoms with E-state index in [2.05, 4.69) is 42.0 Å². The van der Waals surface area contributed by atoms with Crippen molar-refractivity contribution < 1.29 is 4.79 Å². The van der Waals surface area contributed by atoms with Crippen molar-refractivity contribution in [3.63, 3.8) is 0 Å². The van der Waals surface area contributed by atoms with E-state index in [9.17, 15) is 9.59 Å². The lowest BCUT2D eigenvalue weighted by molar-refractivity contribution is -0.131. The summed E-state index contributed by atoms with van der Waals surface area (Å²) >= 11 is 3.09. The average molecular weight is 456 g/mol. The molecule has 0 radical (unpaired) electrons. The number of H-pyrrole nitrogens is 1. The molecule has 3 aromatic rings. The van der Waals surface area contributed by atoms with Gasteiger partial charge in [0.2, 0.25) is 5.91 Å². The van der Waals surface area contributed by atoms with E-state index in [4.69, 9.17) is 0 Å². The van der Waals surface area contributed by atoms with Gasteiger partial charge in [0.1, 0.15) is 10.7 Å². The summed E-state index contributed by atoms with van der Waals surface area (Å²) in [7, 11) is 0. The van der Waals surface area contributed by atoms with Crippen molar-refractivity contribution in [3.8, 4) is 0 Å². The summed E-state index contributed by atoms with van der Waals surface area (Å²) in [6.45, 7) is 11.0. The first kappa shape index (κ1) is 22.1. The van der Waals surface area contributed by atoms with Gasteiger partial charge in [0, 0.05) is 11.4 Å². The Hall–Kier alpha value is -2.12. The second-order valence-corrected chi connectivity index (χ2v) is 11.0. The molecule has 4 rings (SSSR count). The minimum atomic E-state index is -0.194. The zero-order valence-electron chi connectivity index (χ0n) is 18.7. The maximum absolute atomic E-state index is 13.2. The molecule has 1 N–H and O–H groups in total. The van der Waals surface area contributed by atoms with Crippen LogP contribution in [0.2, 0.25) is 0 Å². The van der Waals surface area contributed by atoms with E-state index < -0.39 is 0 Å². The summed E-state index contributed by atoms with van der Waals surface area (Å²) < 4.78 is 0. The van der Waals surface area contributed by atoms with Gasteiger partial charge in [-0.05, 0) is 69.7 Å². The summed E-state index contributed by atoms with van der Waals surface area (Å²) in [5.74, 6) is 1.31. The first-order valence-corrected chi connectivity index (χ1v) is 12.6. The van der Waals surface area contributed by atoms with Crippen LogP contribution >= 0.6 is 23.1 Å². The number of thiophene rings is 1. The monoisotopic (exact) mass is 455 g/mol. The second-order valence-electron chi connectivity index (χ2n) is 8.46. The fourth-order valence-corrected chi connectivity index (χ4v) is 6.10. The normalized spacial score (nSPS) is 17.5. The topological polar surface area (TPSA) is 66.1 Å². The maximum Gasteiger partial charge on any atom is 0.259 e. The van der Waals surface area contributed by atoms with E-state index in [1.807, 2.05) is 25.7 Å². The number of nitrogens with zero attached hydrogens (tertiary/aromatic N) is 2. The Morgan fingerprint density at radius 1 is 1.29 bits per heavy atom. The van der Waals surface area contributed by atoms with Crippen LogP contribution in [0.5, 0.6) is 0 Å². The molecule has 1 fully saturated rings. The highest BCUT2D eigenvalue weighted by Gasteiger charge is 2.32. The molecule has 0 spiro atoms. The molecule has 2 aromatic heterocycles. The standard InChI is InChI=1S/C24H29N3O2S2/c1-13-8-9-18(11-14(13)2)19-7-6-10-27(19)24(29)17(5)30-12-20-25-22(28)21-15(3)16(4)31-23(21)26-20/h8-9,11,17,19H,6-7,10,12H2,1-5H3,(H,25,26,28). The molecule has 3 heterocycles. The zero-order valence-corrected chi connectivity index (χ0v) is 20.4. The molecular formula is C24H29N3O2S2. The van der Waals surface area contributed by atoms with Gasteiger partial charge in [-0.2, -0.15) is 0 Å². The van der Waals surface area contributed by atoms with Gasteiger partial charge in [0.05, 0.1) is 22.4 Å². The molecule has 1 amide bonds. The minimum absolute atomic E-state index is 0.0872. The van der Waals surface area contributed by atoms with Crippen LogP contribution in [-0.4, -0.2) is 32.6 Å². The highest BCUT2D eigenvalue weighted by molar-refractivity contribution is 7.99. The Kier molecular flexibility index (Phi) is 6.26. The number of hydrogen-bond acceptors (Lipinski definition) is 5. The predicted octanol–water partition coefficient (Wildman–Crippen LogP) is 5.20. The van der Waals surface area contributed by atoms with Crippen molar-refractivity contribution in [3.05, 3.63) is 61.5 Å². The third-order valence-corrected chi connectivity index (χ3v) is 8.60. The van der Waals surface area contributed by atoms with Gasteiger partial charge >= 0.3 is 0 Å². The smallest absolute Gasteiger partial charge is 0.259 e. The summed E-state index contributed by atoms with van der Waals surface area (Å²) in [5, 5.41) is 0.494. The van der Waals surface area contributed by atoms with Crippen LogP contribution in [0.4, 0.5) is 0 Å². The fourth-order valence-electron chi connectivity index (χ4n) is 4.23. The number of carbonyl (C=O) groups is 1. The fraction of sp³-hybridized carbons (Fsp3) is 0.458. The molecule has 1 aliphatic heterocycles. The van der Waals surface area contributed by atoms with Crippen LogP contribution < -0.4 is 5.56 Å². The first-order chi connectivity index (χ1) is 14.8. The van der Waals surface area contributed by atoms with Crippen molar-refractivity contribution in [1.82, 2.24) is 14.9 Å². The number of thioether (sulfide) groups is 1. The number of aryl methyl sites for hydroxylation is 4. The van der Waals surface area contributed by atoms with Crippen molar-refractivity contribution in [1.29, 1.82) is 0 Å². The number of likely N-dealkylation sites (tertiary alicyclic amines) is 1. The van der Waals surface area contributed by atoms with Gasteiger partial charge in [-0.15, -0.1) is 23.1 Å². The average Bonchev–Trinajstić information content (AvgIpc) is 3.33. The molecule has 1 aromatic carbocycles. The van der Waals surface area contributed by atoms with Crippen LogP contribution in [0, 0.1) is 27.7 Å². The SMILES string of the molecule is Cc1ccc(C2CCCN2C(=O)C(C)SCc2nc3sc(C)c(C)c3c(=O)[nH]2)cc1C. The molecule has 0 aliphatic carbocycles. The Morgan fingerprint density at radius 3 is 2.81 bits per heavy atom. The maximum atomic E-state index is 13.2. The third-order valence-electron chi connectivity index (χ3n) is 6.36. The van der Waals surface area contributed by atoms with E-state index in [0.29, 0.717) is 17.0 Å². The molecule has 1 aliphatic rings. The largest absolute Gasteiger partial charge is 0.335 e. The van der Waals surface area contributed by atoms with E-state index in [-0.39, 0.29) is 22.8 Å². The van der Waals surface area contributed by atoms with Crippen LogP contribution in [0.25, 0.3) is 10.2 Å². The Bertz CT molecular complexity index is 1200. The number of nitrogens with one attached hydrogen (secondary N) is 1. The molecule has 164 valence electrons. The van der Waals surface area contributed by atoms with Crippen LogP contribution in [-0.2, 0) is 10.5 Å². The van der Waals surface area contributed by atoms with Crippen molar-refractivity contribution in [2.45, 2.75) is 64.5 Å². The minimum Gasteiger partial charge on any atom is -0.335 e. The molecular weight excluding hydrogens is 426 g/mol. The Labute approximate surface area is 191 Å². The Balaban J connectivity index is 1.46. The lowest BCUT2D eigenvalue weighted by Gasteiger charge is -2.28. The number of fused-ring (bicyclic) bond motifs is 1. The van der Waals surface area contributed by atoms with Gasteiger partial charge in [-0.25, -0.2) is 4.98 Å².